The van der Waals surface area contributed by atoms with Crippen LogP contribution in [0.5, 0.6) is 0 Å². The predicted molar refractivity (Wildman–Crippen MR) is 69.8 cm³/mol. The molecule has 1 aromatic heterocycles. The van der Waals surface area contributed by atoms with Crippen LogP contribution in [0.15, 0.2) is 10.7 Å². The van der Waals surface area contributed by atoms with Gasteiger partial charge in [-0.1, -0.05) is 19.8 Å². The summed E-state index contributed by atoms with van der Waals surface area (Å²) in [6.45, 7) is 2.21. The molecule has 1 heterocycles. The molecule has 1 aliphatic rings. The standard InChI is InChI=1S/C12H18BrN3O/c1-8-5-3-4-6-10(8)14-12(17)11-9(13)7-16(2)15-11/h7-8,10H,3-6H2,1-2H3,(H,14,17). The van der Waals surface area contributed by atoms with E-state index in [1.807, 2.05) is 7.05 Å². The number of amides is 1. The Morgan fingerprint density at radius 1 is 1.53 bits per heavy atom. The van der Waals surface area contributed by atoms with E-state index in [0.717, 1.165) is 10.9 Å². The Bertz CT molecular complexity index is 416. The molecule has 1 amide bonds. The van der Waals surface area contributed by atoms with Gasteiger partial charge >= 0.3 is 0 Å². The Morgan fingerprint density at radius 3 is 2.82 bits per heavy atom. The lowest BCUT2D eigenvalue weighted by Crippen LogP contribution is -2.41. The summed E-state index contributed by atoms with van der Waals surface area (Å²) < 4.78 is 2.39. The summed E-state index contributed by atoms with van der Waals surface area (Å²) in [5, 5.41) is 7.25. The summed E-state index contributed by atoms with van der Waals surface area (Å²) in [6, 6.07) is 0.296. The van der Waals surface area contributed by atoms with Crippen molar-refractivity contribution in [2.45, 2.75) is 38.6 Å². The molecule has 2 unspecified atom stereocenters. The second-order valence-electron chi connectivity index (χ2n) is 4.84. The molecule has 5 heteroatoms. The van der Waals surface area contributed by atoms with Gasteiger partial charge in [-0.3, -0.25) is 9.48 Å². The van der Waals surface area contributed by atoms with Crippen molar-refractivity contribution in [1.29, 1.82) is 0 Å². The summed E-state index contributed by atoms with van der Waals surface area (Å²) in [5.41, 5.74) is 0.477. The van der Waals surface area contributed by atoms with Gasteiger partial charge in [0.05, 0.1) is 4.47 Å². The van der Waals surface area contributed by atoms with E-state index in [1.165, 1.54) is 19.3 Å². The lowest BCUT2D eigenvalue weighted by Gasteiger charge is -2.29. The molecule has 2 atom stereocenters. The van der Waals surface area contributed by atoms with Crippen LogP contribution < -0.4 is 5.32 Å². The molecule has 0 aromatic carbocycles. The van der Waals surface area contributed by atoms with Gasteiger partial charge in [-0.25, -0.2) is 0 Å². The Kier molecular flexibility index (Phi) is 3.86. The van der Waals surface area contributed by atoms with E-state index in [0.29, 0.717) is 17.7 Å². The van der Waals surface area contributed by atoms with Crippen molar-refractivity contribution >= 4 is 21.8 Å². The van der Waals surface area contributed by atoms with E-state index >= 15 is 0 Å². The van der Waals surface area contributed by atoms with Crippen molar-refractivity contribution in [3.8, 4) is 0 Å². The van der Waals surface area contributed by atoms with Crippen LogP contribution in [0.25, 0.3) is 0 Å². The zero-order valence-corrected chi connectivity index (χ0v) is 11.8. The van der Waals surface area contributed by atoms with Crippen molar-refractivity contribution in [1.82, 2.24) is 15.1 Å². The average Bonchev–Trinajstić information content (AvgIpc) is 2.61. The van der Waals surface area contributed by atoms with E-state index in [2.05, 4.69) is 33.3 Å². The maximum Gasteiger partial charge on any atom is 0.273 e. The smallest absolute Gasteiger partial charge is 0.273 e. The highest BCUT2D eigenvalue weighted by molar-refractivity contribution is 9.10. The van der Waals surface area contributed by atoms with Crippen molar-refractivity contribution in [3.63, 3.8) is 0 Å². The third kappa shape index (κ3) is 2.89. The Labute approximate surface area is 110 Å². The SMILES string of the molecule is CC1CCCCC1NC(=O)c1nn(C)cc1Br. The minimum absolute atomic E-state index is 0.0729. The number of nitrogens with zero attached hydrogens (tertiary/aromatic N) is 2. The number of halogens is 1. The number of nitrogens with one attached hydrogen (secondary N) is 1. The van der Waals surface area contributed by atoms with E-state index < -0.39 is 0 Å². The second-order valence-corrected chi connectivity index (χ2v) is 5.70. The van der Waals surface area contributed by atoms with E-state index in [1.54, 1.807) is 10.9 Å². The summed E-state index contributed by atoms with van der Waals surface area (Å²) in [6.07, 6.45) is 6.56. The fourth-order valence-electron chi connectivity index (χ4n) is 2.38. The number of carbonyl (C=O) groups excluding carboxylic acids is 1. The molecule has 2 rings (SSSR count). The molecule has 4 nitrogen and oxygen atoms in total. The first kappa shape index (κ1) is 12.6. The molecule has 0 aliphatic heterocycles. The van der Waals surface area contributed by atoms with Gasteiger partial charge in [0.2, 0.25) is 0 Å². The molecule has 1 fully saturated rings. The molecule has 1 saturated carbocycles. The van der Waals surface area contributed by atoms with Gasteiger partial charge in [0.1, 0.15) is 0 Å². The molecule has 1 N–H and O–H groups in total. The lowest BCUT2D eigenvalue weighted by atomic mass is 9.86. The zero-order valence-electron chi connectivity index (χ0n) is 10.2. The fraction of sp³-hybridized carbons (Fsp3) is 0.667. The van der Waals surface area contributed by atoms with E-state index in [4.69, 9.17) is 0 Å². The molecule has 17 heavy (non-hydrogen) atoms. The van der Waals surface area contributed by atoms with Crippen molar-refractivity contribution in [2.24, 2.45) is 13.0 Å². The highest BCUT2D eigenvalue weighted by atomic mass is 79.9. The number of carbonyl (C=O) groups is 1. The van der Waals surface area contributed by atoms with Gasteiger partial charge in [-0.15, -0.1) is 0 Å². The zero-order chi connectivity index (χ0) is 12.4. The largest absolute Gasteiger partial charge is 0.348 e. The van der Waals surface area contributed by atoms with Crippen LogP contribution in [0.4, 0.5) is 0 Å². The monoisotopic (exact) mass is 299 g/mol. The quantitative estimate of drug-likeness (QED) is 0.912. The summed E-state index contributed by atoms with van der Waals surface area (Å²) in [4.78, 5) is 12.1. The van der Waals surface area contributed by atoms with E-state index in [-0.39, 0.29) is 5.91 Å². The summed E-state index contributed by atoms with van der Waals surface area (Å²) in [7, 11) is 1.81. The maximum atomic E-state index is 12.1. The highest BCUT2D eigenvalue weighted by Gasteiger charge is 2.24. The van der Waals surface area contributed by atoms with Crippen molar-refractivity contribution in [3.05, 3.63) is 16.4 Å². The van der Waals surface area contributed by atoms with Gasteiger partial charge in [-0.05, 0) is 34.7 Å². The van der Waals surface area contributed by atoms with Gasteiger partial charge < -0.3 is 5.32 Å². The normalized spacial score (nSPS) is 24.6. The van der Waals surface area contributed by atoms with Crippen molar-refractivity contribution < 1.29 is 4.79 Å². The van der Waals surface area contributed by atoms with Crippen LogP contribution in [0.2, 0.25) is 0 Å². The molecular weight excluding hydrogens is 282 g/mol. The first-order valence-electron chi connectivity index (χ1n) is 6.08. The van der Waals surface area contributed by atoms with Gasteiger partial charge in [0.25, 0.3) is 5.91 Å². The number of aromatic nitrogens is 2. The van der Waals surface area contributed by atoms with Crippen LogP contribution in [-0.2, 0) is 7.05 Å². The number of rotatable bonds is 2. The molecule has 0 bridgehead atoms. The molecule has 1 aliphatic carbocycles. The van der Waals surface area contributed by atoms with Crippen LogP contribution in [-0.4, -0.2) is 21.7 Å². The predicted octanol–water partition coefficient (Wildman–Crippen LogP) is 2.49. The van der Waals surface area contributed by atoms with Gasteiger partial charge in [-0.2, -0.15) is 5.10 Å². The summed E-state index contributed by atoms with van der Waals surface area (Å²) >= 11 is 3.35. The molecule has 1 aromatic rings. The fourth-order valence-corrected chi connectivity index (χ4v) is 2.94. The van der Waals surface area contributed by atoms with Crippen LogP contribution in [0, 0.1) is 5.92 Å². The van der Waals surface area contributed by atoms with E-state index in [9.17, 15) is 4.79 Å². The molecular formula is C12H18BrN3O. The van der Waals surface area contributed by atoms with Gasteiger partial charge in [0, 0.05) is 19.3 Å². The Balaban J connectivity index is 2.03. The second kappa shape index (κ2) is 5.21. The third-order valence-electron chi connectivity index (χ3n) is 3.43. The van der Waals surface area contributed by atoms with Crippen LogP contribution in [0.1, 0.15) is 43.1 Å². The maximum absolute atomic E-state index is 12.1. The average molecular weight is 300 g/mol. The lowest BCUT2D eigenvalue weighted by molar-refractivity contribution is 0.0903. The molecule has 0 saturated heterocycles. The minimum atomic E-state index is -0.0729. The van der Waals surface area contributed by atoms with Crippen molar-refractivity contribution in [2.75, 3.05) is 0 Å². The number of hydrogen-bond acceptors (Lipinski definition) is 2. The Hall–Kier alpha value is -0.840. The van der Waals surface area contributed by atoms with Crippen LogP contribution in [0.3, 0.4) is 0 Å². The van der Waals surface area contributed by atoms with Crippen LogP contribution >= 0.6 is 15.9 Å². The molecule has 0 radical (unpaired) electrons. The first-order valence-corrected chi connectivity index (χ1v) is 6.87. The number of hydrogen-bond donors (Lipinski definition) is 1. The Morgan fingerprint density at radius 2 is 2.24 bits per heavy atom. The topological polar surface area (TPSA) is 46.9 Å². The third-order valence-corrected chi connectivity index (χ3v) is 4.01. The molecule has 0 spiro atoms. The van der Waals surface area contributed by atoms with Gasteiger partial charge in [0.15, 0.2) is 5.69 Å². The first-order chi connectivity index (χ1) is 8.08. The number of aryl methyl sites for hydroxylation is 1. The molecule has 94 valence electrons. The summed E-state index contributed by atoms with van der Waals surface area (Å²) in [5.74, 6) is 0.492. The highest BCUT2D eigenvalue weighted by Crippen LogP contribution is 2.24. The minimum Gasteiger partial charge on any atom is -0.348 e.